The number of benzene rings is 1. The summed E-state index contributed by atoms with van der Waals surface area (Å²) in [5.74, 6) is -1.37. The van der Waals surface area contributed by atoms with Crippen LogP contribution in [0.4, 0.5) is 23.2 Å². The van der Waals surface area contributed by atoms with Gasteiger partial charge in [-0.3, -0.25) is 4.79 Å². The summed E-state index contributed by atoms with van der Waals surface area (Å²) in [5.41, 5.74) is 0.356. The van der Waals surface area contributed by atoms with E-state index in [1.807, 2.05) is 20.8 Å². The number of hydrogen-bond acceptors (Lipinski definition) is 3. The molecule has 0 aromatic heterocycles. The van der Waals surface area contributed by atoms with Crippen LogP contribution in [0, 0.1) is 18.2 Å². The maximum Gasteiger partial charge on any atom is 0.398 e. The first-order valence-electron chi connectivity index (χ1n) is 8.98. The van der Waals surface area contributed by atoms with E-state index in [1.165, 1.54) is 12.1 Å². The lowest BCUT2D eigenvalue weighted by atomic mass is 9.88. The molecule has 1 aromatic carbocycles. The quantitative estimate of drug-likeness (QED) is 0.515. The van der Waals surface area contributed by atoms with Crippen LogP contribution in [0.1, 0.15) is 32.8 Å². The summed E-state index contributed by atoms with van der Waals surface area (Å²) in [6.45, 7) is 9.24. The van der Waals surface area contributed by atoms with Crippen LogP contribution in [0.3, 0.4) is 0 Å². The molecule has 1 amide bonds. The topological polar surface area (TPSA) is 23.6 Å². The molecule has 0 atom stereocenters. The second kappa shape index (κ2) is 8.29. The lowest BCUT2D eigenvalue weighted by Crippen LogP contribution is -2.52. The fourth-order valence-electron chi connectivity index (χ4n) is 2.93. The van der Waals surface area contributed by atoms with Crippen molar-refractivity contribution in [3.63, 3.8) is 0 Å². The van der Waals surface area contributed by atoms with E-state index in [2.05, 4.69) is 0 Å². The van der Waals surface area contributed by atoms with Crippen LogP contribution in [0.15, 0.2) is 17.0 Å². The van der Waals surface area contributed by atoms with E-state index in [1.54, 1.807) is 16.7 Å². The van der Waals surface area contributed by atoms with Crippen molar-refractivity contribution in [3.8, 4) is 0 Å². The molecule has 1 aliphatic heterocycles. The van der Waals surface area contributed by atoms with E-state index in [4.69, 9.17) is 0 Å². The summed E-state index contributed by atoms with van der Waals surface area (Å²) < 4.78 is 52.0. The highest BCUT2D eigenvalue weighted by Crippen LogP contribution is 2.34. The van der Waals surface area contributed by atoms with Gasteiger partial charge >= 0.3 is 6.18 Å². The molecule has 0 N–H and O–H groups in total. The number of thioether (sulfide) groups is 1. The average molecular weight is 406 g/mol. The lowest BCUT2D eigenvalue weighted by molar-refractivity contribution is -0.140. The third-order valence-electron chi connectivity index (χ3n) is 5.01. The van der Waals surface area contributed by atoms with Crippen molar-refractivity contribution < 1.29 is 22.4 Å². The molecule has 0 radical (unpaired) electrons. The standard InChI is InChI=1S/C19H26F4N2OS/c1-5-18(3,4)17(26)25-8-6-24(7-9-25)15-11-16(13(2)10-14(15)20)27-12-19(21,22)23/h10-11H,5-9,12H2,1-4H3. The maximum absolute atomic E-state index is 14.4. The SMILES string of the molecule is CCC(C)(C)C(=O)N1CCN(c2cc(SCC(F)(F)F)c(C)cc2F)CC1. The van der Waals surface area contributed by atoms with Gasteiger partial charge in [-0.2, -0.15) is 13.2 Å². The Hall–Kier alpha value is -1.44. The zero-order valence-corrected chi connectivity index (χ0v) is 16.9. The minimum atomic E-state index is -4.27. The Labute approximate surface area is 162 Å². The third-order valence-corrected chi connectivity index (χ3v) is 6.23. The number of carbonyl (C=O) groups excluding carboxylic acids is 1. The Morgan fingerprint density at radius 1 is 1.15 bits per heavy atom. The van der Waals surface area contributed by atoms with E-state index >= 15 is 0 Å². The Morgan fingerprint density at radius 2 is 1.74 bits per heavy atom. The summed E-state index contributed by atoms with van der Waals surface area (Å²) in [7, 11) is 0. The third kappa shape index (κ3) is 5.53. The van der Waals surface area contributed by atoms with Crippen LogP contribution in [-0.4, -0.2) is 48.9 Å². The minimum Gasteiger partial charge on any atom is -0.366 e. The number of nitrogens with zero attached hydrogens (tertiary/aromatic N) is 2. The molecule has 0 bridgehead atoms. The molecule has 27 heavy (non-hydrogen) atoms. The minimum absolute atomic E-state index is 0.0791. The first kappa shape index (κ1) is 21.9. The largest absolute Gasteiger partial charge is 0.398 e. The Morgan fingerprint density at radius 3 is 2.26 bits per heavy atom. The van der Waals surface area contributed by atoms with Gasteiger partial charge in [-0.05, 0) is 31.0 Å². The second-order valence-electron chi connectivity index (χ2n) is 7.49. The molecule has 0 aliphatic carbocycles. The lowest BCUT2D eigenvalue weighted by Gasteiger charge is -2.39. The van der Waals surface area contributed by atoms with Gasteiger partial charge in [0.2, 0.25) is 5.91 Å². The molecule has 1 heterocycles. The van der Waals surface area contributed by atoms with E-state index in [-0.39, 0.29) is 5.91 Å². The van der Waals surface area contributed by atoms with Crippen molar-refractivity contribution in [1.82, 2.24) is 4.90 Å². The second-order valence-corrected chi connectivity index (χ2v) is 8.51. The van der Waals surface area contributed by atoms with E-state index in [0.717, 1.165) is 6.42 Å². The fourth-order valence-corrected chi connectivity index (χ4v) is 3.73. The first-order chi connectivity index (χ1) is 12.4. The molecule has 0 spiro atoms. The Bertz CT molecular complexity index is 683. The molecular formula is C19H26F4N2OS. The molecule has 2 rings (SSSR count). The first-order valence-corrected chi connectivity index (χ1v) is 9.97. The smallest absolute Gasteiger partial charge is 0.366 e. The van der Waals surface area contributed by atoms with Crippen LogP contribution in [0.5, 0.6) is 0 Å². The van der Waals surface area contributed by atoms with Crippen molar-refractivity contribution in [1.29, 1.82) is 0 Å². The molecule has 0 saturated carbocycles. The fraction of sp³-hybridized carbons (Fsp3) is 0.632. The van der Waals surface area contributed by atoms with Gasteiger partial charge in [-0.25, -0.2) is 4.39 Å². The normalized spacial score (nSPS) is 16.0. The maximum atomic E-state index is 14.4. The van der Waals surface area contributed by atoms with E-state index < -0.39 is 23.2 Å². The summed E-state index contributed by atoms with van der Waals surface area (Å²) in [5, 5.41) is 0. The van der Waals surface area contributed by atoms with Crippen molar-refractivity contribution in [3.05, 3.63) is 23.5 Å². The van der Waals surface area contributed by atoms with Crippen LogP contribution in [0.2, 0.25) is 0 Å². The highest BCUT2D eigenvalue weighted by atomic mass is 32.2. The molecule has 3 nitrogen and oxygen atoms in total. The number of hydrogen-bond donors (Lipinski definition) is 0. The number of carbonyl (C=O) groups is 1. The number of aryl methyl sites for hydroxylation is 1. The van der Waals surface area contributed by atoms with Crippen LogP contribution >= 0.6 is 11.8 Å². The monoisotopic (exact) mass is 406 g/mol. The number of piperazine rings is 1. The number of amides is 1. The average Bonchev–Trinajstić information content (AvgIpc) is 2.59. The zero-order chi connectivity index (χ0) is 20.4. The van der Waals surface area contributed by atoms with Crippen LogP contribution < -0.4 is 4.90 Å². The van der Waals surface area contributed by atoms with E-state index in [9.17, 15) is 22.4 Å². The van der Waals surface area contributed by atoms with Gasteiger partial charge in [0.25, 0.3) is 0 Å². The summed E-state index contributed by atoms with van der Waals surface area (Å²) in [6, 6.07) is 2.78. The molecule has 152 valence electrons. The summed E-state index contributed by atoms with van der Waals surface area (Å²) in [4.78, 5) is 16.6. The van der Waals surface area contributed by atoms with Gasteiger partial charge in [-0.15, -0.1) is 11.8 Å². The summed E-state index contributed by atoms with van der Waals surface area (Å²) >= 11 is 0.670. The molecule has 1 aromatic rings. The number of rotatable bonds is 5. The predicted octanol–water partition coefficient (Wildman–Crippen LogP) is 4.87. The number of alkyl halides is 3. The molecule has 1 saturated heterocycles. The highest BCUT2D eigenvalue weighted by molar-refractivity contribution is 7.99. The highest BCUT2D eigenvalue weighted by Gasteiger charge is 2.33. The Kier molecular flexibility index (Phi) is 6.71. The molecule has 1 fully saturated rings. The molecule has 0 unspecified atom stereocenters. The van der Waals surface area contributed by atoms with Crippen LogP contribution in [0.25, 0.3) is 0 Å². The van der Waals surface area contributed by atoms with Gasteiger partial charge in [0.1, 0.15) is 5.82 Å². The van der Waals surface area contributed by atoms with Crippen molar-refractivity contribution in [2.75, 3.05) is 36.8 Å². The van der Waals surface area contributed by atoms with Gasteiger partial charge in [0.15, 0.2) is 0 Å². The predicted molar refractivity (Wildman–Crippen MR) is 101 cm³/mol. The Balaban J connectivity index is 2.10. The van der Waals surface area contributed by atoms with Gasteiger partial charge in [-0.1, -0.05) is 20.8 Å². The van der Waals surface area contributed by atoms with Gasteiger partial charge in [0.05, 0.1) is 11.4 Å². The zero-order valence-electron chi connectivity index (χ0n) is 16.1. The van der Waals surface area contributed by atoms with Crippen molar-refractivity contribution in [2.24, 2.45) is 5.41 Å². The van der Waals surface area contributed by atoms with Gasteiger partial charge in [0, 0.05) is 36.5 Å². The van der Waals surface area contributed by atoms with Gasteiger partial charge < -0.3 is 9.80 Å². The number of anilines is 1. The molecule has 8 heteroatoms. The van der Waals surface area contributed by atoms with Crippen LogP contribution in [-0.2, 0) is 4.79 Å². The van der Waals surface area contributed by atoms with Crippen molar-refractivity contribution >= 4 is 23.4 Å². The van der Waals surface area contributed by atoms with E-state index in [0.29, 0.717) is 54.1 Å². The number of halogens is 4. The van der Waals surface area contributed by atoms with Crippen molar-refractivity contribution in [2.45, 2.75) is 45.2 Å². The summed E-state index contributed by atoms with van der Waals surface area (Å²) in [6.07, 6.45) is -3.54. The molecular weight excluding hydrogens is 380 g/mol. The molecule has 1 aliphatic rings.